The van der Waals surface area contributed by atoms with Crippen LogP contribution in [-0.4, -0.2) is 36.0 Å². The maximum atomic E-state index is 13.2. The summed E-state index contributed by atoms with van der Waals surface area (Å²) in [7, 11) is -4.02. The molecule has 0 unspecified atom stereocenters. The predicted molar refractivity (Wildman–Crippen MR) is 96.1 cm³/mol. The predicted octanol–water partition coefficient (Wildman–Crippen LogP) is 2.24. The Balaban J connectivity index is 1.62. The summed E-state index contributed by atoms with van der Waals surface area (Å²) in [6, 6.07) is 7.60. The standard InChI is InChI=1S/C17H17F2N5O2S/c1-12-22-16(11-17(23-12)24-6-2-3-7-24)20-4-5-21-27(25,26)15-9-13(18)8-14(19)10-15/h2-3,6-11,21H,4-5H2,1H3,(H,20,22,23). The van der Waals surface area contributed by atoms with Crippen molar-refractivity contribution in [3.05, 3.63) is 66.3 Å². The van der Waals surface area contributed by atoms with Crippen LogP contribution in [0.4, 0.5) is 14.6 Å². The number of nitrogens with one attached hydrogen (secondary N) is 2. The van der Waals surface area contributed by atoms with Gasteiger partial charge >= 0.3 is 0 Å². The molecule has 0 saturated carbocycles. The van der Waals surface area contributed by atoms with Gasteiger partial charge in [-0.05, 0) is 31.2 Å². The van der Waals surface area contributed by atoms with Gasteiger partial charge in [-0.25, -0.2) is 31.9 Å². The van der Waals surface area contributed by atoms with Gasteiger partial charge < -0.3 is 9.88 Å². The van der Waals surface area contributed by atoms with Crippen molar-refractivity contribution in [3.8, 4) is 5.82 Å². The Kier molecular flexibility index (Phi) is 5.47. The topological polar surface area (TPSA) is 88.9 Å². The van der Waals surface area contributed by atoms with Crippen LogP contribution in [0.3, 0.4) is 0 Å². The van der Waals surface area contributed by atoms with Gasteiger partial charge in [0.15, 0.2) is 0 Å². The third-order valence-electron chi connectivity index (χ3n) is 3.56. The minimum Gasteiger partial charge on any atom is -0.369 e. The smallest absolute Gasteiger partial charge is 0.240 e. The van der Waals surface area contributed by atoms with Gasteiger partial charge in [-0.3, -0.25) is 0 Å². The lowest BCUT2D eigenvalue weighted by Gasteiger charge is -2.10. The van der Waals surface area contributed by atoms with E-state index < -0.39 is 26.6 Å². The minimum atomic E-state index is -4.02. The quantitative estimate of drug-likeness (QED) is 0.601. The third kappa shape index (κ3) is 4.86. The van der Waals surface area contributed by atoms with E-state index in [2.05, 4.69) is 20.0 Å². The summed E-state index contributed by atoms with van der Waals surface area (Å²) in [6.07, 6.45) is 3.69. The van der Waals surface area contributed by atoms with Crippen LogP contribution in [0.1, 0.15) is 5.82 Å². The average molecular weight is 393 g/mol. The largest absolute Gasteiger partial charge is 0.369 e. The van der Waals surface area contributed by atoms with Crippen LogP contribution in [0.15, 0.2) is 53.7 Å². The Morgan fingerprint density at radius 3 is 2.33 bits per heavy atom. The molecule has 0 fully saturated rings. The van der Waals surface area contributed by atoms with Crippen LogP contribution in [0.25, 0.3) is 5.82 Å². The number of hydrogen-bond acceptors (Lipinski definition) is 5. The van der Waals surface area contributed by atoms with Crippen molar-refractivity contribution in [1.82, 2.24) is 19.3 Å². The monoisotopic (exact) mass is 393 g/mol. The highest BCUT2D eigenvalue weighted by molar-refractivity contribution is 7.89. The van der Waals surface area contributed by atoms with Crippen molar-refractivity contribution in [2.75, 3.05) is 18.4 Å². The van der Waals surface area contributed by atoms with Crippen LogP contribution in [0.2, 0.25) is 0 Å². The number of anilines is 1. The van der Waals surface area contributed by atoms with Crippen molar-refractivity contribution in [2.24, 2.45) is 0 Å². The minimum absolute atomic E-state index is 0.00235. The molecule has 1 aromatic carbocycles. The Bertz CT molecular complexity index is 1020. The molecule has 0 spiro atoms. The third-order valence-corrected chi connectivity index (χ3v) is 5.00. The summed E-state index contributed by atoms with van der Waals surface area (Å²) in [6.45, 7) is 1.97. The van der Waals surface area contributed by atoms with Crippen molar-refractivity contribution in [3.63, 3.8) is 0 Å². The van der Waals surface area contributed by atoms with E-state index in [1.807, 2.05) is 29.1 Å². The number of aryl methyl sites for hydroxylation is 1. The molecular weight excluding hydrogens is 376 g/mol. The summed E-state index contributed by atoms with van der Waals surface area (Å²) >= 11 is 0. The SMILES string of the molecule is Cc1nc(NCCNS(=O)(=O)c2cc(F)cc(F)c2)cc(-n2cccc2)n1. The lowest BCUT2D eigenvalue weighted by molar-refractivity contribution is 0.562. The normalized spacial score (nSPS) is 11.5. The molecule has 0 saturated heterocycles. The molecule has 27 heavy (non-hydrogen) atoms. The number of sulfonamides is 1. The van der Waals surface area contributed by atoms with E-state index in [0.717, 1.165) is 12.1 Å². The van der Waals surface area contributed by atoms with Gasteiger partial charge in [-0.1, -0.05) is 0 Å². The van der Waals surface area contributed by atoms with E-state index in [1.54, 1.807) is 13.0 Å². The van der Waals surface area contributed by atoms with E-state index >= 15 is 0 Å². The fraction of sp³-hybridized carbons (Fsp3) is 0.176. The summed E-state index contributed by atoms with van der Waals surface area (Å²) in [5, 5.41) is 3.00. The van der Waals surface area contributed by atoms with Gasteiger partial charge in [-0.15, -0.1) is 0 Å². The van der Waals surface area contributed by atoms with Crippen LogP contribution in [-0.2, 0) is 10.0 Å². The van der Waals surface area contributed by atoms with Crippen LogP contribution < -0.4 is 10.0 Å². The average Bonchev–Trinajstić information content (AvgIpc) is 3.12. The molecule has 0 atom stereocenters. The zero-order valence-corrected chi connectivity index (χ0v) is 15.2. The first-order valence-corrected chi connectivity index (χ1v) is 9.50. The molecule has 7 nitrogen and oxygen atoms in total. The number of benzene rings is 1. The zero-order valence-electron chi connectivity index (χ0n) is 14.4. The van der Waals surface area contributed by atoms with E-state index in [-0.39, 0.29) is 13.1 Å². The summed E-state index contributed by atoms with van der Waals surface area (Å²) < 4.78 is 54.7. The van der Waals surface area contributed by atoms with Crippen LogP contribution in [0, 0.1) is 18.6 Å². The second-order valence-corrected chi connectivity index (χ2v) is 7.45. The molecule has 3 aromatic rings. The van der Waals surface area contributed by atoms with E-state index in [4.69, 9.17) is 0 Å². The number of aromatic nitrogens is 3. The number of halogens is 2. The molecule has 10 heteroatoms. The molecule has 0 amide bonds. The first-order chi connectivity index (χ1) is 12.8. The van der Waals surface area contributed by atoms with Gasteiger partial charge in [0.05, 0.1) is 4.90 Å². The molecule has 0 bridgehead atoms. The molecule has 0 aliphatic heterocycles. The molecule has 2 heterocycles. The van der Waals surface area contributed by atoms with Crippen LogP contribution >= 0.6 is 0 Å². The second kappa shape index (κ2) is 7.80. The Morgan fingerprint density at radius 2 is 1.67 bits per heavy atom. The lowest BCUT2D eigenvalue weighted by atomic mass is 10.3. The number of hydrogen-bond donors (Lipinski definition) is 2. The second-order valence-electron chi connectivity index (χ2n) is 5.68. The van der Waals surface area contributed by atoms with Crippen LogP contribution in [0.5, 0.6) is 0 Å². The lowest BCUT2D eigenvalue weighted by Crippen LogP contribution is -2.29. The molecule has 3 rings (SSSR count). The first kappa shape index (κ1) is 18.9. The fourth-order valence-corrected chi connectivity index (χ4v) is 3.48. The van der Waals surface area contributed by atoms with Gasteiger partial charge in [0.2, 0.25) is 10.0 Å². The highest BCUT2D eigenvalue weighted by Gasteiger charge is 2.15. The van der Waals surface area contributed by atoms with Gasteiger partial charge in [0, 0.05) is 37.6 Å². The van der Waals surface area contributed by atoms with Crippen molar-refractivity contribution >= 4 is 15.8 Å². The maximum absolute atomic E-state index is 13.2. The van der Waals surface area contributed by atoms with Crippen molar-refractivity contribution in [2.45, 2.75) is 11.8 Å². The molecule has 0 radical (unpaired) electrons. The molecule has 2 N–H and O–H groups in total. The molecule has 0 aliphatic carbocycles. The number of rotatable bonds is 7. The summed E-state index contributed by atoms with van der Waals surface area (Å²) in [4.78, 5) is 8.11. The van der Waals surface area contributed by atoms with Crippen molar-refractivity contribution < 1.29 is 17.2 Å². The molecule has 2 aromatic heterocycles. The zero-order chi connectivity index (χ0) is 19.4. The van der Waals surface area contributed by atoms with Gasteiger partial charge in [0.1, 0.15) is 29.1 Å². The van der Waals surface area contributed by atoms with E-state index in [0.29, 0.717) is 23.5 Å². The van der Waals surface area contributed by atoms with E-state index in [9.17, 15) is 17.2 Å². The molecule has 142 valence electrons. The van der Waals surface area contributed by atoms with Gasteiger partial charge in [0.25, 0.3) is 0 Å². The Morgan fingerprint density at radius 1 is 1.00 bits per heavy atom. The Labute approximate surface area is 155 Å². The van der Waals surface area contributed by atoms with Crippen molar-refractivity contribution in [1.29, 1.82) is 0 Å². The fourth-order valence-electron chi connectivity index (χ4n) is 2.40. The molecule has 0 aliphatic rings. The summed E-state index contributed by atoms with van der Waals surface area (Å²) in [5.41, 5.74) is 0. The maximum Gasteiger partial charge on any atom is 0.240 e. The highest BCUT2D eigenvalue weighted by Crippen LogP contribution is 2.14. The molecular formula is C17H17F2N5O2S. The first-order valence-electron chi connectivity index (χ1n) is 8.02. The highest BCUT2D eigenvalue weighted by atomic mass is 32.2. The van der Waals surface area contributed by atoms with E-state index in [1.165, 1.54) is 0 Å². The van der Waals surface area contributed by atoms with Gasteiger partial charge in [-0.2, -0.15) is 0 Å². The summed E-state index contributed by atoms with van der Waals surface area (Å²) in [5.74, 6) is -0.155. The Hall–Kier alpha value is -2.85. The number of nitrogens with zero attached hydrogens (tertiary/aromatic N) is 3.